The maximum Gasteiger partial charge on any atom is 0.321 e. The lowest BCUT2D eigenvalue weighted by molar-refractivity contribution is 0.220. The van der Waals surface area contributed by atoms with Crippen LogP contribution in [0.3, 0.4) is 0 Å². The first-order valence-electron chi connectivity index (χ1n) is 7.23. The minimum atomic E-state index is -0.162. The lowest BCUT2D eigenvalue weighted by atomic mass is 10.2. The van der Waals surface area contributed by atoms with E-state index in [1.54, 1.807) is 36.2 Å². The number of amides is 2. The lowest BCUT2D eigenvalue weighted by Crippen LogP contribution is -2.31. The fourth-order valence-electron chi connectivity index (χ4n) is 2.33. The van der Waals surface area contributed by atoms with E-state index in [-0.39, 0.29) is 6.03 Å². The number of benzene rings is 1. The van der Waals surface area contributed by atoms with Crippen LogP contribution in [0.15, 0.2) is 24.3 Å². The predicted octanol–water partition coefficient (Wildman–Crippen LogP) is 3.84. The molecule has 0 aliphatic carbocycles. The molecule has 0 radical (unpaired) electrons. The highest BCUT2D eigenvalue weighted by atomic mass is 35.5. The van der Waals surface area contributed by atoms with Crippen LogP contribution in [0, 0.1) is 13.8 Å². The Morgan fingerprint density at radius 3 is 2.50 bits per heavy atom. The Labute approximate surface area is 135 Å². The van der Waals surface area contributed by atoms with Gasteiger partial charge in [-0.25, -0.2) is 4.79 Å². The van der Waals surface area contributed by atoms with E-state index < -0.39 is 0 Å². The molecule has 1 N–H and O–H groups in total. The van der Waals surface area contributed by atoms with E-state index in [1.807, 2.05) is 18.5 Å². The third-order valence-electron chi connectivity index (χ3n) is 3.67. The van der Waals surface area contributed by atoms with Crippen molar-refractivity contribution in [2.24, 2.45) is 0 Å². The summed E-state index contributed by atoms with van der Waals surface area (Å²) in [6.07, 6.45) is 0. The monoisotopic (exact) mass is 320 g/mol. The van der Waals surface area contributed by atoms with Gasteiger partial charge in [-0.2, -0.15) is 5.10 Å². The van der Waals surface area contributed by atoms with Gasteiger partial charge in [-0.1, -0.05) is 11.6 Å². The van der Waals surface area contributed by atoms with Crippen LogP contribution in [0.25, 0.3) is 0 Å². The number of hydrogen-bond donors (Lipinski definition) is 1. The van der Waals surface area contributed by atoms with Gasteiger partial charge in [-0.15, -0.1) is 0 Å². The van der Waals surface area contributed by atoms with Gasteiger partial charge >= 0.3 is 6.03 Å². The maximum atomic E-state index is 12.3. The molecule has 2 rings (SSSR count). The van der Waals surface area contributed by atoms with E-state index in [0.717, 1.165) is 29.2 Å². The Hall–Kier alpha value is -2.01. The van der Waals surface area contributed by atoms with Crippen LogP contribution in [0.1, 0.15) is 23.9 Å². The maximum absolute atomic E-state index is 12.3. The first-order valence-corrected chi connectivity index (χ1v) is 7.60. The van der Waals surface area contributed by atoms with E-state index in [0.29, 0.717) is 11.6 Å². The third kappa shape index (κ3) is 3.60. The van der Waals surface area contributed by atoms with Crippen LogP contribution in [0.5, 0.6) is 0 Å². The van der Waals surface area contributed by atoms with Gasteiger partial charge in [0.1, 0.15) is 0 Å². The number of anilines is 1. The number of carbonyl (C=O) groups is 1. The molecule has 0 fully saturated rings. The smallest absolute Gasteiger partial charge is 0.321 e. The molecule has 0 atom stereocenters. The van der Waals surface area contributed by atoms with Gasteiger partial charge in [0.05, 0.1) is 12.2 Å². The molecule has 118 valence electrons. The van der Waals surface area contributed by atoms with E-state index in [4.69, 9.17) is 11.6 Å². The molecule has 1 heterocycles. The Kier molecular flexibility index (Phi) is 5.08. The minimum absolute atomic E-state index is 0.162. The normalized spacial score (nSPS) is 10.6. The number of halogens is 1. The number of carbonyl (C=O) groups excluding carboxylic acids is 1. The van der Waals surface area contributed by atoms with Crippen LogP contribution in [-0.4, -0.2) is 27.8 Å². The summed E-state index contributed by atoms with van der Waals surface area (Å²) in [6, 6.07) is 6.89. The summed E-state index contributed by atoms with van der Waals surface area (Å²) < 4.78 is 1.95. The van der Waals surface area contributed by atoms with Gasteiger partial charge in [0.25, 0.3) is 0 Å². The molecule has 1 aromatic carbocycles. The van der Waals surface area contributed by atoms with Crippen molar-refractivity contribution in [3.63, 3.8) is 0 Å². The van der Waals surface area contributed by atoms with Gasteiger partial charge in [-0.3, -0.25) is 4.68 Å². The van der Waals surface area contributed by atoms with E-state index in [9.17, 15) is 4.79 Å². The second-order valence-corrected chi connectivity index (χ2v) is 5.69. The molecule has 0 saturated heterocycles. The first kappa shape index (κ1) is 16.4. The second-order valence-electron chi connectivity index (χ2n) is 5.26. The molecule has 0 bridgehead atoms. The molecule has 0 saturated carbocycles. The molecule has 0 unspecified atom stereocenters. The largest absolute Gasteiger partial charge is 0.323 e. The number of aromatic nitrogens is 2. The van der Waals surface area contributed by atoms with Crippen molar-refractivity contribution in [1.29, 1.82) is 0 Å². The zero-order chi connectivity index (χ0) is 16.3. The van der Waals surface area contributed by atoms with Crippen LogP contribution in [0.4, 0.5) is 10.5 Å². The van der Waals surface area contributed by atoms with Crippen LogP contribution in [0.2, 0.25) is 5.02 Å². The summed E-state index contributed by atoms with van der Waals surface area (Å²) in [7, 11) is 1.77. The highest BCUT2D eigenvalue weighted by Crippen LogP contribution is 2.17. The molecule has 6 heteroatoms. The molecular formula is C16H21ClN4O. The van der Waals surface area contributed by atoms with Crippen molar-refractivity contribution >= 4 is 23.3 Å². The quantitative estimate of drug-likeness (QED) is 0.930. The third-order valence-corrected chi connectivity index (χ3v) is 3.92. The summed E-state index contributed by atoms with van der Waals surface area (Å²) in [5.74, 6) is 0. The average Bonchev–Trinajstić information content (AvgIpc) is 2.76. The Balaban J connectivity index is 2.05. The molecule has 5 nitrogen and oxygen atoms in total. The molecular weight excluding hydrogens is 300 g/mol. The summed E-state index contributed by atoms with van der Waals surface area (Å²) in [5.41, 5.74) is 3.88. The van der Waals surface area contributed by atoms with Gasteiger partial charge < -0.3 is 10.2 Å². The van der Waals surface area contributed by atoms with E-state index in [1.165, 1.54) is 0 Å². The Bertz CT molecular complexity index is 664. The average molecular weight is 321 g/mol. The molecule has 0 aliphatic heterocycles. The fourth-order valence-corrected chi connectivity index (χ4v) is 2.46. The molecule has 2 amide bonds. The van der Waals surface area contributed by atoms with Crippen molar-refractivity contribution < 1.29 is 4.79 Å². The van der Waals surface area contributed by atoms with Crippen molar-refractivity contribution in [3.05, 3.63) is 46.2 Å². The van der Waals surface area contributed by atoms with Gasteiger partial charge in [0.15, 0.2) is 0 Å². The summed E-state index contributed by atoms with van der Waals surface area (Å²) in [4.78, 5) is 13.9. The predicted molar refractivity (Wildman–Crippen MR) is 89.3 cm³/mol. The lowest BCUT2D eigenvalue weighted by Gasteiger charge is -2.18. The highest BCUT2D eigenvalue weighted by molar-refractivity contribution is 6.30. The zero-order valence-electron chi connectivity index (χ0n) is 13.4. The van der Waals surface area contributed by atoms with Crippen LogP contribution in [-0.2, 0) is 13.1 Å². The van der Waals surface area contributed by atoms with Crippen molar-refractivity contribution in [1.82, 2.24) is 14.7 Å². The van der Waals surface area contributed by atoms with E-state index >= 15 is 0 Å². The van der Waals surface area contributed by atoms with Gasteiger partial charge in [0.2, 0.25) is 0 Å². The highest BCUT2D eigenvalue weighted by Gasteiger charge is 2.16. The number of hydrogen-bond acceptors (Lipinski definition) is 2. The SMILES string of the molecule is CCn1nc(C)c(CN(C)C(=O)Nc2ccc(Cl)cc2)c1C. The van der Waals surface area contributed by atoms with Gasteiger partial charge in [-0.05, 0) is 45.0 Å². The number of nitrogens with one attached hydrogen (secondary N) is 1. The fraction of sp³-hybridized carbons (Fsp3) is 0.375. The topological polar surface area (TPSA) is 50.2 Å². The number of rotatable bonds is 4. The second kappa shape index (κ2) is 6.83. The van der Waals surface area contributed by atoms with Crippen LogP contribution < -0.4 is 5.32 Å². The first-order chi connectivity index (χ1) is 10.4. The number of nitrogens with zero attached hydrogens (tertiary/aromatic N) is 3. The van der Waals surface area contributed by atoms with Crippen molar-refractivity contribution in [3.8, 4) is 0 Å². The molecule has 22 heavy (non-hydrogen) atoms. The Morgan fingerprint density at radius 1 is 1.32 bits per heavy atom. The van der Waals surface area contributed by atoms with Crippen LogP contribution >= 0.6 is 11.6 Å². The summed E-state index contributed by atoms with van der Waals surface area (Å²) in [5, 5.41) is 7.97. The summed E-state index contributed by atoms with van der Waals surface area (Å²) >= 11 is 5.84. The van der Waals surface area contributed by atoms with E-state index in [2.05, 4.69) is 17.3 Å². The molecule has 1 aromatic heterocycles. The summed E-state index contributed by atoms with van der Waals surface area (Å²) in [6.45, 7) is 7.41. The standard InChI is InChI=1S/C16H21ClN4O/c1-5-21-12(3)15(11(2)19-21)10-20(4)16(22)18-14-8-6-13(17)7-9-14/h6-9H,5,10H2,1-4H3,(H,18,22). The molecule has 2 aromatic rings. The van der Waals surface area contributed by atoms with Crippen molar-refractivity contribution in [2.45, 2.75) is 33.9 Å². The number of urea groups is 1. The van der Waals surface area contributed by atoms with Gasteiger partial charge in [0, 0.05) is 35.6 Å². The Morgan fingerprint density at radius 2 is 1.95 bits per heavy atom. The minimum Gasteiger partial charge on any atom is -0.323 e. The number of aryl methyl sites for hydroxylation is 2. The molecule has 0 spiro atoms. The van der Waals surface area contributed by atoms with Crippen molar-refractivity contribution in [2.75, 3.05) is 12.4 Å². The zero-order valence-corrected chi connectivity index (χ0v) is 14.1. The molecule has 0 aliphatic rings.